The molecular formula is C14H24ClN3. The van der Waals surface area contributed by atoms with E-state index in [0.29, 0.717) is 0 Å². The maximum absolute atomic E-state index is 6.38. The first-order chi connectivity index (χ1) is 8.76. The number of unbranched alkanes of at least 4 members (excludes halogenated alkanes) is 1. The maximum atomic E-state index is 6.38. The van der Waals surface area contributed by atoms with Crippen LogP contribution < -0.4 is 5.32 Å². The molecule has 18 heavy (non-hydrogen) atoms. The highest BCUT2D eigenvalue weighted by molar-refractivity contribution is 6.31. The molecule has 0 radical (unpaired) electrons. The van der Waals surface area contributed by atoms with Gasteiger partial charge >= 0.3 is 0 Å². The van der Waals surface area contributed by atoms with Gasteiger partial charge in [-0.2, -0.15) is 5.10 Å². The third-order valence-corrected chi connectivity index (χ3v) is 3.98. The van der Waals surface area contributed by atoms with E-state index in [1.807, 2.05) is 0 Å². The van der Waals surface area contributed by atoms with Gasteiger partial charge in [0.15, 0.2) is 0 Å². The van der Waals surface area contributed by atoms with Crippen molar-refractivity contribution in [2.24, 2.45) is 0 Å². The smallest absolute Gasteiger partial charge is 0.0849 e. The summed E-state index contributed by atoms with van der Waals surface area (Å²) in [5.41, 5.74) is 2.27. The molecule has 1 fully saturated rings. The van der Waals surface area contributed by atoms with Crippen LogP contribution in [0.1, 0.15) is 50.9 Å². The molecule has 102 valence electrons. The molecule has 3 nitrogen and oxygen atoms in total. The Kier molecular flexibility index (Phi) is 5.07. The summed E-state index contributed by atoms with van der Waals surface area (Å²) in [4.78, 5) is 0. The molecule has 0 unspecified atom stereocenters. The van der Waals surface area contributed by atoms with Crippen LogP contribution in [0.2, 0.25) is 5.02 Å². The summed E-state index contributed by atoms with van der Waals surface area (Å²) in [6, 6.07) is 0.821. The number of hydrogen-bond acceptors (Lipinski definition) is 2. The molecule has 0 amide bonds. The van der Waals surface area contributed by atoms with Crippen LogP contribution in [0.25, 0.3) is 0 Å². The van der Waals surface area contributed by atoms with Crippen LogP contribution in [-0.2, 0) is 19.4 Å². The number of nitrogens with zero attached hydrogens (tertiary/aromatic N) is 2. The fourth-order valence-corrected chi connectivity index (χ4v) is 2.63. The highest BCUT2D eigenvalue weighted by atomic mass is 35.5. The van der Waals surface area contributed by atoms with Gasteiger partial charge in [0.1, 0.15) is 0 Å². The van der Waals surface area contributed by atoms with Crippen LogP contribution in [0.4, 0.5) is 0 Å². The van der Waals surface area contributed by atoms with Crippen LogP contribution in [0.15, 0.2) is 0 Å². The van der Waals surface area contributed by atoms with Crippen LogP contribution in [-0.4, -0.2) is 22.4 Å². The van der Waals surface area contributed by atoms with Crippen molar-refractivity contribution in [2.45, 2.75) is 65.0 Å². The minimum absolute atomic E-state index is 0.821. The Bertz CT molecular complexity index is 383. The Hall–Kier alpha value is -0.540. The Morgan fingerprint density at radius 3 is 2.72 bits per heavy atom. The summed E-state index contributed by atoms with van der Waals surface area (Å²) >= 11 is 6.38. The van der Waals surface area contributed by atoms with Gasteiger partial charge in [0, 0.05) is 12.6 Å². The Morgan fingerprint density at radius 2 is 2.11 bits per heavy atom. The molecule has 4 heteroatoms. The van der Waals surface area contributed by atoms with Gasteiger partial charge in [0.2, 0.25) is 0 Å². The Balaban J connectivity index is 1.80. The molecule has 1 heterocycles. The molecule has 0 bridgehead atoms. The van der Waals surface area contributed by atoms with Crippen LogP contribution in [0.3, 0.4) is 0 Å². The summed E-state index contributed by atoms with van der Waals surface area (Å²) in [7, 11) is 0. The van der Waals surface area contributed by atoms with E-state index in [1.54, 1.807) is 0 Å². The van der Waals surface area contributed by atoms with Crippen molar-refractivity contribution in [1.82, 2.24) is 15.1 Å². The SMILES string of the molecule is CCc1nn(CC)c(CCCCNC2CC2)c1Cl. The molecule has 1 aromatic heterocycles. The quantitative estimate of drug-likeness (QED) is 0.735. The molecule has 1 aliphatic carbocycles. The van der Waals surface area contributed by atoms with Gasteiger partial charge in [0.05, 0.1) is 16.4 Å². The molecule has 1 N–H and O–H groups in total. The summed E-state index contributed by atoms with van der Waals surface area (Å²) in [6.45, 7) is 6.29. The number of aryl methyl sites for hydroxylation is 2. The fourth-order valence-electron chi connectivity index (χ4n) is 2.27. The molecule has 0 spiro atoms. The minimum Gasteiger partial charge on any atom is -0.314 e. The summed E-state index contributed by atoms with van der Waals surface area (Å²) in [6.07, 6.45) is 7.12. The van der Waals surface area contributed by atoms with Gasteiger partial charge < -0.3 is 5.32 Å². The Labute approximate surface area is 115 Å². The van der Waals surface area contributed by atoms with Crippen molar-refractivity contribution < 1.29 is 0 Å². The van der Waals surface area contributed by atoms with Crippen LogP contribution >= 0.6 is 11.6 Å². The monoisotopic (exact) mass is 269 g/mol. The number of halogens is 1. The number of nitrogens with one attached hydrogen (secondary N) is 1. The van der Waals surface area contributed by atoms with E-state index in [1.165, 1.54) is 31.4 Å². The lowest BCUT2D eigenvalue weighted by Crippen LogP contribution is -2.17. The molecule has 0 aliphatic heterocycles. The molecule has 0 atom stereocenters. The molecule has 1 saturated carbocycles. The zero-order valence-electron chi connectivity index (χ0n) is 11.5. The first-order valence-electron chi connectivity index (χ1n) is 7.23. The van der Waals surface area contributed by atoms with Gasteiger partial charge in [-0.3, -0.25) is 4.68 Å². The van der Waals surface area contributed by atoms with Gasteiger partial charge in [-0.05, 0) is 52.0 Å². The van der Waals surface area contributed by atoms with Crippen LogP contribution in [0, 0.1) is 0 Å². The van der Waals surface area contributed by atoms with Crippen molar-refractivity contribution in [2.75, 3.05) is 6.54 Å². The number of hydrogen-bond donors (Lipinski definition) is 1. The van der Waals surface area contributed by atoms with Crippen molar-refractivity contribution in [3.05, 3.63) is 16.4 Å². The van der Waals surface area contributed by atoms with Gasteiger partial charge in [-0.1, -0.05) is 18.5 Å². The summed E-state index contributed by atoms with van der Waals surface area (Å²) < 4.78 is 2.06. The zero-order chi connectivity index (χ0) is 13.0. The molecule has 0 saturated heterocycles. The number of aromatic nitrogens is 2. The first kappa shape index (κ1) is 13.9. The van der Waals surface area contributed by atoms with Crippen molar-refractivity contribution in [3.63, 3.8) is 0 Å². The lowest BCUT2D eigenvalue weighted by Gasteiger charge is -2.06. The third-order valence-electron chi connectivity index (χ3n) is 3.54. The number of rotatable bonds is 8. The standard InChI is InChI=1S/C14H24ClN3/c1-3-12-14(15)13(18(4-2)17-12)7-5-6-10-16-11-8-9-11/h11,16H,3-10H2,1-2H3. The average Bonchev–Trinajstić information content (AvgIpc) is 3.15. The van der Waals surface area contributed by atoms with Gasteiger partial charge in [-0.15, -0.1) is 0 Å². The van der Waals surface area contributed by atoms with Gasteiger partial charge in [0.25, 0.3) is 0 Å². The molecule has 0 aromatic carbocycles. The predicted molar refractivity (Wildman–Crippen MR) is 76.3 cm³/mol. The van der Waals surface area contributed by atoms with E-state index in [-0.39, 0.29) is 0 Å². The normalized spacial score (nSPS) is 15.3. The zero-order valence-corrected chi connectivity index (χ0v) is 12.3. The van der Waals surface area contributed by atoms with E-state index in [4.69, 9.17) is 11.6 Å². The highest BCUT2D eigenvalue weighted by Gasteiger charge is 2.19. The van der Waals surface area contributed by atoms with E-state index >= 15 is 0 Å². The Morgan fingerprint density at radius 1 is 1.33 bits per heavy atom. The van der Waals surface area contributed by atoms with E-state index < -0.39 is 0 Å². The lowest BCUT2D eigenvalue weighted by atomic mass is 10.1. The van der Waals surface area contributed by atoms with Crippen molar-refractivity contribution in [1.29, 1.82) is 0 Å². The van der Waals surface area contributed by atoms with Gasteiger partial charge in [-0.25, -0.2) is 0 Å². The molecule has 2 rings (SSSR count). The molecule has 1 aliphatic rings. The van der Waals surface area contributed by atoms with E-state index in [9.17, 15) is 0 Å². The van der Waals surface area contributed by atoms with Crippen molar-refractivity contribution in [3.8, 4) is 0 Å². The largest absolute Gasteiger partial charge is 0.314 e. The summed E-state index contributed by atoms with van der Waals surface area (Å²) in [5, 5.41) is 9.00. The maximum Gasteiger partial charge on any atom is 0.0849 e. The second-order valence-corrected chi connectivity index (χ2v) is 5.44. The van der Waals surface area contributed by atoms with E-state index in [0.717, 1.165) is 42.7 Å². The van der Waals surface area contributed by atoms with E-state index in [2.05, 4.69) is 28.9 Å². The highest BCUT2D eigenvalue weighted by Crippen LogP contribution is 2.23. The first-order valence-corrected chi connectivity index (χ1v) is 7.61. The predicted octanol–water partition coefficient (Wildman–Crippen LogP) is 3.19. The molecule has 1 aromatic rings. The van der Waals surface area contributed by atoms with Crippen LogP contribution in [0.5, 0.6) is 0 Å². The lowest BCUT2D eigenvalue weighted by molar-refractivity contribution is 0.578. The van der Waals surface area contributed by atoms with Crippen molar-refractivity contribution >= 4 is 11.6 Å². The molecular weight excluding hydrogens is 246 g/mol. The fraction of sp³-hybridized carbons (Fsp3) is 0.786. The second-order valence-electron chi connectivity index (χ2n) is 5.06. The second kappa shape index (κ2) is 6.58. The average molecular weight is 270 g/mol. The third kappa shape index (κ3) is 3.48. The minimum atomic E-state index is 0.821. The topological polar surface area (TPSA) is 29.9 Å². The summed E-state index contributed by atoms with van der Waals surface area (Å²) in [5.74, 6) is 0.